The molecule has 0 saturated heterocycles. The molecule has 0 spiro atoms. The summed E-state index contributed by atoms with van der Waals surface area (Å²) in [6.07, 6.45) is 2.89. The first-order chi connectivity index (χ1) is 11.1. The number of anilines is 2. The van der Waals surface area contributed by atoms with E-state index in [1.807, 2.05) is 6.07 Å². The summed E-state index contributed by atoms with van der Waals surface area (Å²) in [6, 6.07) is 13.5. The van der Waals surface area contributed by atoms with Crippen molar-refractivity contribution in [1.29, 1.82) is 5.26 Å². The lowest BCUT2D eigenvalue weighted by molar-refractivity contribution is -0.112. The van der Waals surface area contributed by atoms with Crippen LogP contribution in [0.3, 0.4) is 0 Å². The van der Waals surface area contributed by atoms with Gasteiger partial charge in [-0.1, -0.05) is 6.07 Å². The van der Waals surface area contributed by atoms with Crippen LogP contribution < -0.4 is 10.6 Å². The van der Waals surface area contributed by atoms with Gasteiger partial charge >= 0.3 is 0 Å². The molecule has 2 N–H and O–H groups in total. The van der Waals surface area contributed by atoms with E-state index in [0.29, 0.717) is 17.1 Å². The molecule has 2 rings (SSSR count). The highest BCUT2D eigenvalue weighted by atomic mass is 16.1. The van der Waals surface area contributed by atoms with Gasteiger partial charge in [-0.05, 0) is 43.3 Å². The monoisotopic (exact) mass is 306 g/mol. The van der Waals surface area contributed by atoms with Crippen molar-refractivity contribution in [2.75, 3.05) is 10.6 Å². The summed E-state index contributed by atoms with van der Waals surface area (Å²) in [5.74, 6) is -0.0783. The zero-order valence-corrected chi connectivity index (χ0v) is 12.4. The van der Waals surface area contributed by atoms with E-state index in [2.05, 4.69) is 15.6 Å². The summed E-state index contributed by atoms with van der Waals surface area (Å²) in [6.45, 7) is 1.47. The molecular weight excluding hydrogens is 292 g/mol. The molecule has 0 aliphatic heterocycles. The number of rotatable bonds is 5. The van der Waals surface area contributed by atoms with Crippen molar-refractivity contribution in [1.82, 2.24) is 4.98 Å². The standard InChI is InChI=1S/C17H14N4O2/c1-12(22)13-5-7-15(8-6-13)21-17(23)14(10-18)11-20-16-4-2-3-9-19-16/h2-9,11H,1H3,(H,19,20)(H,21,23)/b14-11-. The molecule has 0 aliphatic carbocycles. The van der Waals surface area contributed by atoms with Crippen LogP contribution in [0.1, 0.15) is 17.3 Å². The third-order valence-corrected chi connectivity index (χ3v) is 2.94. The first-order valence-electron chi connectivity index (χ1n) is 6.80. The van der Waals surface area contributed by atoms with Gasteiger partial charge in [0.2, 0.25) is 0 Å². The molecule has 6 heteroatoms. The number of nitrogens with one attached hydrogen (secondary N) is 2. The van der Waals surface area contributed by atoms with Crippen LogP contribution in [-0.4, -0.2) is 16.7 Å². The number of carbonyl (C=O) groups excluding carboxylic acids is 2. The number of Topliss-reactive ketones (excluding diaryl/α,β-unsaturated/α-hetero) is 1. The lowest BCUT2D eigenvalue weighted by Gasteiger charge is -2.05. The molecule has 6 nitrogen and oxygen atoms in total. The molecule has 114 valence electrons. The Kier molecular flexibility index (Phi) is 5.21. The van der Waals surface area contributed by atoms with Crippen molar-refractivity contribution in [2.24, 2.45) is 0 Å². The van der Waals surface area contributed by atoms with Crippen molar-refractivity contribution >= 4 is 23.2 Å². The Bertz CT molecular complexity index is 774. The first kappa shape index (κ1) is 15.9. The van der Waals surface area contributed by atoms with E-state index in [9.17, 15) is 9.59 Å². The predicted octanol–water partition coefficient (Wildman–Crippen LogP) is 2.74. The number of benzene rings is 1. The van der Waals surface area contributed by atoms with Gasteiger partial charge in [-0.2, -0.15) is 5.26 Å². The van der Waals surface area contributed by atoms with Gasteiger partial charge in [0.05, 0.1) is 0 Å². The third kappa shape index (κ3) is 4.51. The number of pyridine rings is 1. The number of amides is 1. The first-order valence-corrected chi connectivity index (χ1v) is 6.80. The maximum atomic E-state index is 12.1. The SMILES string of the molecule is CC(=O)c1ccc(NC(=O)/C(C#N)=C\Nc2ccccn2)cc1. The van der Waals surface area contributed by atoms with Crippen LogP contribution in [0.25, 0.3) is 0 Å². The molecule has 1 amide bonds. The van der Waals surface area contributed by atoms with Gasteiger partial charge in [0.25, 0.3) is 5.91 Å². The van der Waals surface area contributed by atoms with Gasteiger partial charge in [0.1, 0.15) is 17.5 Å². The molecular formula is C17H14N4O2. The van der Waals surface area contributed by atoms with Gasteiger partial charge in [-0.3, -0.25) is 9.59 Å². The molecule has 0 fully saturated rings. The van der Waals surface area contributed by atoms with Crippen LogP contribution in [0, 0.1) is 11.3 Å². The summed E-state index contributed by atoms with van der Waals surface area (Å²) >= 11 is 0. The fourth-order valence-electron chi connectivity index (χ4n) is 1.73. The zero-order valence-electron chi connectivity index (χ0n) is 12.4. The largest absolute Gasteiger partial charge is 0.345 e. The Morgan fingerprint density at radius 1 is 1.17 bits per heavy atom. The fourth-order valence-corrected chi connectivity index (χ4v) is 1.73. The maximum Gasteiger partial charge on any atom is 0.267 e. The maximum absolute atomic E-state index is 12.1. The van der Waals surface area contributed by atoms with E-state index in [4.69, 9.17) is 5.26 Å². The Labute approximate surface area is 133 Å². The van der Waals surface area contributed by atoms with Gasteiger partial charge < -0.3 is 10.6 Å². The van der Waals surface area contributed by atoms with E-state index in [1.165, 1.54) is 13.1 Å². The number of hydrogen-bond acceptors (Lipinski definition) is 5. The summed E-state index contributed by atoms with van der Waals surface area (Å²) in [4.78, 5) is 27.3. The van der Waals surface area contributed by atoms with E-state index in [0.717, 1.165) is 0 Å². The number of hydrogen-bond donors (Lipinski definition) is 2. The average Bonchev–Trinajstić information content (AvgIpc) is 2.57. The third-order valence-electron chi connectivity index (χ3n) is 2.94. The Morgan fingerprint density at radius 2 is 1.91 bits per heavy atom. The molecule has 1 heterocycles. The Morgan fingerprint density at radius 3 is 2.48 bits per heavy atom. The highest BCUT2D eigenvalue weighted by molar-refractivity contribution is 6.07. The Balaban J connectivity index is 2.05. The van der Waals surface area contributed by atoms with Crippen LogP contribution in [0.2, 0.25) is 0 Å². The second-order valence-corrected chi connectivity index (χ2v) is 4.62. The van der Waals surface area contributed by atoms with E-state index >= 15 is 0 Å². The minimum Gasteiger partial charge on any atom is -0.345 e. The minimum atomic E-state index is -0.550. The lowest BCUT2D eigenvalue weighted by atomic mass is 10.1. The van der Waals surface area contributed by atoms with Crippen molar-refractivity contribution in [3.63, 3.8) is 0 Å². The molecule has 0 atom stereocenters. The van der Waals surface area contributed by atoms with E-state index < -0.39 is 5.91 Å². The quantitative estimate of drug-likeness (QED) is 0.503. The summed E-state index contributed by atoms with van der Waals surface area (Å²) in [7, 11) is 0. The van der Waals surface area contributed by atoms with E-state index in [-0.39, 0.29) is 11.4 Å². The van der Waals surface area contributed by atoms with Gasteiger partial charge in [0, 0.05) is 23.6 Å². The van der Waals surface area contributed by atoms with Crippen LogP contribution in [-0.2, 0) is 4.79 Å². The van der Waals surface area contributed by atoms with Gasteiger partial charge in [0.15, 0.2) is 5.78 Å². The molecule has 1 aromatic carbocycles. The highest BCUT2D eigenvalue weighted by Crippen LogP contribution is 2.11. The highest BCUT2D eigenvalue weighted by Gasteiger charge is 2.09. The molecule has 0 radical (unpaired) electrons. The normalized spacial score (nSPS) is 10.5. The van der Waals surface area contributed by atoms with Crippen LogP contribution in [0.5, 0.6) is 0 Å². The Hall–Kier alpha value is -3.46. The number of aromatic nitrogens is 1. The predicted molar refractivity (Wildman–Crippen MR) is 86.6 cm³/mol. The van der Waals surface area contributed by atoms with E-state index in [1.54, 1.807) is 48.7 Å². The lowest BCUT2D eigenvalue weighted by Crippen LogP contribution is -2.14. The fraction of sp³-hybridized carbons (Fsp3) is 0.0588. The molecule has 0 bridgehead atoms. The van der Waals surface area contributed by atoms with Crippen molar-refractivity contribution in [3.05, 3.63) is 66.0 Å². The van der Waals surface area contributed by atoms with Crippen molar-refractivity contribution < 1.29 is 9.59 Å². The molecule has 0 aliphatic rings. The second kappa shape index (κ2) is 7.52. The van der Waals surface area contributed by atoms with Crippen molar-refractivity contribution in [3.8, 4) is 6.07 Å². The second-order valence-electron chi connectivity index (χ2n) is 4.62. The van der Waals surface area contributed by atoms with Crippen molar-refractivity contribution in [2.45, 2.75) is 6.92 Å². The topological polar surface area (TPSA) is 94.9 Å². The molecule has 23 heavy (non-hydrogen) atoms. The number of nitriles is 1. The van der Waals surface area contributed by atoms with Gasteiger partial charge in [-0.15, -0.1) is 0 Å². The molecule has 0 saturated carbocycles. The van der Waals surface area contributed by atoms with Crippen LogP contribution in [0.15, 0.2) is 60.4 Å². The van der Waals surface area contributed by atoms with Crippen LogP contribution >= 0.6 is 0 Å². The molecule has 0 unspecified atom stereocenters. The summed E-state index contributed by atoms with van der Waals surface area (Å²) < 4.78 is 0. The smallest absolute Gasteiger partial charge is 0.267 e. The summed E-state index contributed by atoms with van der Waals surface area (Å²) in [5, 5.41) is 14.5. The van der Waals surface area contributed by atoms with Gasteiger partial charge in [-0.25, -0.2) is 4.98 Å². The average molecular weight is 306 g/mol. The minimum absolute atomic E-state index is 0.0555. The van der Waals surface area contributed by atoms with Crippen LogP contribution in [0.4, 0.5) is 11.5 Å². The molecule has 2 aromatic rings. The number of carbonyl (C=O) groups is 2. The zero-order chi connectivity index (χ0) is 16.7. The number of ketones is 1. The molecule has 1 aromatic heterocycles. The summed E-state index contributed by atoms with van der Waals surface area (Å²) in [5.41, 5.74) is 0.959. The number of nitrogens with zero attached hydrogens (tertiary/aromatic N) is 2.